The van der Waals surface area contributed by atoms with Crippen LogP contribution in [0.3, 0.4) is 0 Å². The van der Waals surface area contributed by atoms with Gasteiger partial charge in [-0.25, -0.2) is 9.78 Å². The van der Waals surface area contributed by atoms with Gasteiger partial charge in [-0.2, -0.15) is 0 Å². The van der Waals surface area contributed by atoms with Crippen molar-refractivity contribution in [3.8, 4) is 0 Å². The first-order valence-electron chi connectivity index (χ1n) is 9.46. The van der Waals surface area contributed by atoms with Crippen LogP contribution in [0.15, 0.2) is 10.9 Å². The maximum Gasteiger partial charge on any atom is 0.317 e. The first-order chi connectivity index (χ1) is 11.8. The fourth-order valence-electron chi connectivity index (χ4n) is 4.40. The lowest BCUT2D eigenvalue weighted by atomic mass is 9.79. The molecule has 6 heteroatoms. The Hall–Kier alpha value is -1.14. The zero-order valence-corrected chi connectivity index (χ0v) is 15.1. The number of nitrogens with zero attached hydrogens (tertiary/aromatic N) is 3. The summed E-state index contributed by atoms with van der Waals surface area (Å²) in [4.78, 5) is 21.7. The summed E-state index contributed by atoms with van der Waals surface area (Å²) in [7, 11) is 0. The predicted molar refractivity (Wildman–Crippen MR) is 96.0 cm³/mol. The number of carbonyl (C=O) groups excluding carboxylic acids is 1. The van der Waals surface area contributed by atoms with Gasteiger partial charge >= 0.3 is 6.03 Å². The summed E-state index contributed by atoms with van der Waals surface area (Å²) in [6.45, 7) is 4.00. The Morgan fingerprint density at radius 1 is 1.17 bits per heavy atom. The molecule has 1 unspecified atom stereocenters. The van der Waals surface area contributed by atoms with Gasteiger partial charge in [-0.05, 0) is 44.4 Å². The summed E-state index contributed by atoms with van der Waals surface area (Å²) in [5, 5.41) is 5.45. The molecule has 2 saturated heterocycles. The van der Waals surface area contributed by atoms with Crippen molar-refractivity contribution in [3.05, 3.63) is 16.6 Å². The first-order valence-corrected chi connectivity index (χ1v) is 10.4. The number of carbonyl (C=O) groups is 1. The predicted octanol–water partition coefficient (Wildman–Crippen LogP) is 3.08. The van der Waals surface area contributed by atoms with E-state index < -0.39 is 0 Å². The SMILES string of the molecule is O=C(NC1CCN(Cc2cscn2)CC1)N1CCCC1C1CCC1. The molecule has 1 atom stereocenters. The average Bonchev–Trinajstić information content (AvgIpc) is 3.19. The number of rotatable bonds is 4. The van der Waals surface area contributed by atoms with E-state index in [0.717, 1.165) is 44.9 Å². The highest BCUT2D eigenvalue weighted by Crippen LogP contribution is 2.37. The molecule has 132 valence electrons. The van der Waals surface area contributed by atoms with Crippen molar-refractivity contribution in [3.63, 3.8) is 0 Å². The molecule has 4 rings (SSSR count). The monoisotopic (exact) mass is 348 g/mol. The molecule has 3 fully saturated rings. The van der Waals surface area contributed by atoms with Crippen molar-refractivity contribution >= 4 is 17.4 Å². The van der Waals surface area contributed by atoms with Gasteiger partial charge in [-0.15, -0.1) is 11.3 Å². The van der Waals surface area contributed by atoms with E-state index in [-0.39, 0.29) is 6.03 Å². The van der Waals surface area contributed by atoms with Crippen molar-refractivity contribution in [2.45, 2.75) is 63.6 Å². The summed E-state index contributed by atoms with van der Waals surface area (Å²) < 4.78 is 0. The highest BCUT2D eigenvalue weighted by atomic mass is 32.1. The van der Waals surface area contributed by atoms with Gasteiger partial charge in [0.15, 0.2) is 0 Å². The van der Waals surface area contributed by atoms with Crippen LogP contribution in [0.5, 0.6) is 0 Å². The molecule has 3 heterocycles. The number of thiazole rings is 1. The van der Waals surface area contributed by atoms with Crippen molar-refractivity contribution in [2.75, 3.05) is 19.6 Å². The molecule has 1 saturated carbocycles. The largest absolute Gasteiger partial charge is 0.335 e. The van der Waals surface area contributed by atoms with Gasteiger partial charge in [-0.1, -0.05) is 6.42 Å². The number of urea groups is 1. The third-order valence-corrected chi connectivity index (χ3v) is 6.67. The minimum absolute atomic E-state index is 0.197. The number of likely N-dealkylation sites (tertiary alicyclic amines) is 2. The van der Waals surface area contributed by atoms with Crippen molar-refractivity contribution in [1.29, 1.82) is 0 Å². The van der Waals surface area contributed by atoms with Crippen molar-refractivity contribution in [2.24, 2.45) is 5.92 Å². The third-order valence-electron chi connectivity index (χ3n) is 6.04. The van der Waals surface area contributed by atoms with Crippen LogP contribution in [0.4, 0.5) is 4.79 Å². The number of piperidine rings is 1. The minimum Gasteiger partial charge on any atom is -0.335 e. The Labute approximate surface area is 148 Å². The van der Waals surface area contributed by atoms with E-state index in [0.29, 0.717) is 12.1 Å². The van der Waals surface area contributed by atoms with Crippen LogP contribution in [0.1, 0.15) is 50.6 Å². The molecule has 3 aliphatic rings. The van der Waals surface area contributed by atoms with E-state index in [4.69, 9.17) is 0 Å². The minimum atomic E-state index is 0.197. The van der Waals surface area contributed by atoms with Crippen molar-refractivity contribution in [1.82, 2.24) is 20.1 Å². The summed E-state index contributed by atoms with van der Waals surface area (Å²) in [5.41, 5.74) is 3.07. The Kier molecular flexibility index (Phi) is 5.03. The third kappa shape index (κ3) is 3.59. The van der Waals surface area contributed by atoms with Crippen LogP contribution < -0.4 is 5.32 Å². The van der Waals surface area contributed by atoms with Gasteiger partial charge in [0.05, 0.1) is 11.2 Å². The van der Waals surface area contributed by atoms with E-state index in [1.165, 1.54) is 37.8 Å². The summed E-state index contributed by atoms with van der Waals surface area (Å²) in [5.74, 6) is 0.776. The van der Waals surface area contributed by atoms with Crippen LogP contribution in [-0.4, -0.2) is 52.5 Å². The smallest absolute Gasteiger partial charge is 0.317 e. The Bertz CT molecular complexity index is 537. The standard InChI is InChI=1S/C18H28N4OS/c23-18(22-8-2-5-17(22)14-3-1-4-14)20-15-6-9-21(10-7-15)11-16-12-24-13-19-16/h12-15,17H,1-11H2,(H,20,23). The van der Waals surface area contributed by atoms with Crippen molar-refractivity contribution < 1.29 is 4.79 Å². The lowest BCUT2D eigenvalue weighted by Gasteiger charge is -2.38. The van der Waals surface area contributed by atoms with Gasteiger partial charge in [0.25, 0.3) is 0 Å². The Balaban J connectivity index is 1.23. The van der Waals surface area contributed by atoms with Gasteiger partial charge in [-0.3, -0.25) is 4.90 Å². The fourth-order valence-corrected chi connectivity index (χ4v) is 4.95. The zero-order chi connectivity index (χ0) is 16.4. The Morgan fingerprint density at radius 2 is 2.00 bits per heavy atom. The van der Waals surface area contributed by atoms with E-state index in [1.807, 2.05) is 5.51 Å². The summed E-state index contributed by atoms with van der Waals surface area (Å²) >= 11 is 1.66. The molecule has 5 nitrogen and oxygen atoms in total. The second-order valence-corrected chi connectivity index (χ2v) is 8.29. The Morgan fingerprint density at radius 3 is 2.67 bits per heavy atom. The maximum absolute atomic E-state index is 12.7. The maximum atomic E-state index is 12.7. The van der Waals surface area contributed by atoms with Gasteiger partial charge in [0, 0.05) is 43.6 Å². The number of amides is 2. The molecule has 2 amide bonds. The topological polar surface area (TPSA) is 48.5 Å². The van der Waals surface area contributed by atoms with E-state index in [2.05, 4.69) is 25.5 Å². The molecule has 1 N–H and O–H groups in total. The molecule has 24 heavy (non-hydrogen) atoms. The quantitative estimate of drug-likeness (QED) is 0.910. The molecule has 2 aliphatic heterocycles. The molecule has 0 bridgehead atoms. The lowest BCUT2D eigenvalue weighted by Crippen LogP contribution is -2.52. The molecule has 0 radical (unpaired) electrons. The van der Waals surface area contributed by atoms with Crippen LogP contribution in [0, 0.1) is 5.92 Å². The van der Waals surface area contributed by atoms with Crippen LogP contribution in [0.25, 0.3) is 0 Å². The molecule has 0 aromatic carbocycles. The van der Waals surface area contributed by atoms with Crippen LogP contribution in [0.2, 0.25) is 0 Å². The number of nitrogens with one attached hydrogen (secondary N) is 1. The van der Waals surface area contributed by atoms with Crippen LogP contribution >= 0.6 is 11.3 Å². The second kappa shape index (κ2) is 7.40. The molecular formula is C18H28N4OS. The highest BCUT2D eigenvalue weighted by Gasteiger charge is 2.37. The molecule has 1 aromatic rings. The average molecular weight is 349 g/mol. The van der Waals surface area contributed by atoms with Crippen LogP contribution in [-0.2, 0) is 6.54 Å². The highest BCUT2D eigenvalue weighted by molar-refractivity contribution is 7.07. The van der Waals surface area contributed by atoms with E-state index >= 15 is 0 Å². The number of aromatic nitrogens is 1. The molecular weight excluding hydrogens is 320 g/mol. The summed E-state index contributed by atoms with van der Waals surface area (Å²) in [6, 6.07) is 1.05. The molecule has 1 aromatic heterocycles. The summed E-state index contributed by atoms with van der Waals surface area (Å²) in [6.07, 6.45) is 8.50. The lowest BCUT2D eigenvalue weighted by molar-refractivity contribution is 0.130. The number of hydrogen-bond donors (Lipinski definition) is 1. The van der Waals surface area contributed by atoms with E-state index in [9.17, 15) is 4.79 Å². The number of hydrogen-bond acceptors (Lipinski definition) is 4. The van der Waals surface area contributed by atoms with Gasteiger partial charge in [0.1, 0.15) is 0 Å². The second-order valence-electron chi connectivity index (χ2n) is 7.57. The van der Waals surface area contributed by atoms with Gasteiger partial charge in [0.2, 0.25) is 0 Å². The molecule has 0 spiro atoms. The van der Waals surface area contributed by atoms with E-state index in [1.54, 1.807) is 11.3 Å². The molecule has 1 aliphatic carbocycles. The fraction of sp³-hybridized carbons (Fsp3) is 0.778. The zero-order valence-electron chi connectivity index (χ0n) is 14.3. The van der Waals surface area contributed by atoms with Gasteiger partial charge < -0.3 is 10.2 Å². The normalized spacial score (nSPS) is 26.5. The first kappa shape index (κ1) is 16.3.